The molecule has 3 aliphatic rings. The number of hydrogen-bond donors (Lipinski definition) is 1. The molecule has 7 nitrogen and oxygen atoms in total. The van der Waals surface area contributed by atoms with Crippen LogP contribution >= 0.6 is 0 Å². The lowest BCUT2D eigenvalue weighted by Gasteiger charge is -2.30. The van der Waals surface area contributed by atoms with Crippen LogP contribution in [0.5, 0.6) is 0 Å². The van der Waals surface area contributed by atoms with Crippen molar-refractivity contribution in [2.75, 3.05) is 13.1 Å². The van der Waals surface area contributed by atoms with E-state index in [1.165, 1.54) is 5.56 Å². The van der Waals surface area contributed by atoms with E-state index < -0.39 is 0 Å². The second-order valence-corrected chi connectivity index (χ2v) is 7.98. The van der Waals surface area contributed by atoms with Gasteiger partial charge in [-0.2, -0.15) is 0 Å². The summed E-state index contributed by atoms with van der Waals surface area (Å²) in [4.78, 5) is 16.6. The third kappa shape index (κ3) is 3.26. The SMILES string of the molecule is O=C(C1CC1)N1CCn2c(nnc2[C@@H]2C[C@@H](O)CN2Cc2ccccc2)C1. The minimum Gasteiger partial charge on any atom is -0.392 e. The van der Waals surface area contributed by atoms with Crippen molar-refractivity contribution in [2.24, 2.45) is 5.92 Å². The molecule has 1 aromatic carbocycles. The van der Waals surface area contributed by atoms with Crippen molar-refractivity contribution in [3.63, 3.8) is 0 Å². The van der Waals surface area contributed by atoms with Crippen LogP contribution in [0.1, 0.15) is 42.5 Å². The van der Waals surface area contributed by atoms with Crippen LogP contribution in [0, 0.1) is 5.92 Å². The average Bonchev–Trinajstić information content (AvgIpc) is 3.36. The lowest BCUT2D eigenvalue weighted by molar-refractivity contribution is -0.134. The maximum atomic E-state index is 12.4. The minimum absolute atomic E-state index is 0.0622. The number of aliphatic hydroxyl groups excluding tert-OH is 1. The van der Waals surface area contributed by atoms with Crippen molar-refractivity contribution in [1.82, 2.24) is 24.6 Å². The van der Waals surface area contributed by atoms with E-state index in [9.17, 15) is 9.90 Å². The first kappa shape index (κ1) is 16.9. The summed E-state index contributed by atoms with van der Waals surface area (Å²) in [6.07, 6.45) is 2.39. The molecule has 2 fully saturated rings. The predicted molar refractivity (Wildman–Crippen MR) is 98.4 cm³/mol. The molecule has 0 unspecified atom stereocenters. The molecule has 0 radical (unpaired) electrons. The van der Waals surface area contributed by atoms with Gasteiger partial charge in [0.2, 0.25) is 5.91 Å². The quantitative estimate of drug-likeness (QED) is 0.883. The van der Waals surface area contributed by atoms with Crippen molar-refractivity contribution in [3.05, 3.63) is 47.5 Å². The van der Waals surface area contributed by atoms with Gasteiger partial charge in [-0.25, -0.2) is 0 Å². The molecule has 142 valence electrons. The van der Waals surface area contributed by atoms with Gasteiger partial charge < -0.3 is 14.6 Å². The number of aliphatic hydroxyl groups is 1. The zero-order valence-electron chi connectivity index (χ0n) is 15.4. The topological polar surface area (TPSA) is 74.5 Å². The van der Waals surface area contributed by atoms with Crippen molar-refractivity contribution in [2.45, 2.75) is 51.0 Å². The molecule has 1 N–H and O–H groups in total. The summed E-state index contributed by atoms with van der Waals surface area (Å²) in [6.45, 7) is 3.45. The molecule has 1 amide bonds. The van der Waals surface area contributed by atoms with E-state index >= 15 is 0 Å². The van der Waals surface area contributed by atoms with E-state index in [-0.39, 0.29) is 24.0 Å². The Morgan fingerprint density at radius 3 is 2.74 bits per heavy atom. The molecule has 7 heteroatoms. The Morgan fingerprint density at radius 1 is 1.15 bits per heavy atom. The highest BCUT2D eigenvalue weighted by Gasteiger charge is 2.39. The summed E-state index contributed by atoms with van der Waals surface area (Å²) >= 11 is 0. The largest absolute Gasteiger partial charge is 0.392 e. The van der Waals surface area contributed by atoms with Gasteiger partial charge in [0.15, 0.2) is 11.6 Å². The first-order valence-corrected chi connectivity index (χ1v) is 9.86. The number of rotatable bonds is 4. The van der Waals surface area contributed by atoms with E-state index in [4.69, 9.17) is 0 Å². The molecule has 5 rings (SSSR count). The Balaban J connectivity index is 1.36. The van der Waals surface area contributed by atoms with E-state index in [1.54, 1.807) is 0 Å². The number of carbonyl (C=O) groups excluding carboxylic acids is 1. The van der Waals surface area contributed by atoms with E-state index in [1.807, 2.05) is 23.1 Å². The van der Waals surface area contributed by atoms with Crippen LogP contribution in [0.25, 0.3) is 0 Å². The number of aromatic nitrogens is 3. The van der Waals surface area contributed by atoms with Crippen molar-refractivity contribution < 1.29 is 9.90 Å². The van der Waals surface area contributed by atoms with Gasteiger partial charge in [-0.15, -0.1) is 10.2 Å². The number of likely N-dealkylation sites (tertiary alicyclic amines) is 1. The molecule has 3 heterocycles. The molecule has 1 saturated heterocycles. The van der Waals surface area contributed by atoms with E-state index in [0.29, 0.717) is 19.5 Å². The molecule has 1 saturated carbocycles. The standard InChI is InChI=1S/C20H25N5O2/c26-16-10-17(24(12-16)11-14-4-2-1-3-5-14)19-22-21-18-13-23(8-9-25(18)19)20(27)15-6-7-15/h1-5,15-17,26H,6-13H2/t16-,17+/m1/s1. The Kier molecular flexibility index (Phi) is 4.21. The Bertz CT molecular complexity index is 832. The lowest BCUT2D eigenvalue weighted by atomic mass is 10.1. The molecule has 0 bridgehead atoms. The second-order valence-electron chi connectivity index (χ2n) is 7.98. The van der Waals surface area contributed by atoms with Crippen LogP contribution < -0.4 is 0 Å². The molecule has 2 aromatic rings. The first-order chi connectivity index (χ1) is 13.2. The van der Waals surface area contributed by atoms with Gasteiger partial charge in [0.1, 0.15) is 0 Å². The van der Waals surface area contributed by atoms with Crippen molar-refractivity contribution in [3.8, 4) is 0 Å². The highest BCUT2D eigenvalue weighted by Crippen LogP contribution is 2.35. The molecule has 1 aromatic heterocycles. The van der Waals surface area contributed by atoms with Crippen LogP contribution in [0.4, 0.5) is 0 Å². The molecular formula is C20H25N5O2. The summed E-state index contributed by atoms with van der Waals surface area (Å²) in [5.41, 5.74) is 1.23. The smallest absolute Gasteiger partial charge is 0.226 e. The Hall–Kier alpha value is -2.25. The molecular weight excluding hydrogens is 342 g/mol. The normalized spacial score (nSPS) is 25.6. The maximum absolute atomic E-state index is 12.4. The number of carbonyl (C=O) groups is 1. The van der Waals surface area contributed by atoms with Gasteiger partial charge >= 0.3 is 0 Å². The Morgan fingerprint density at radius 2 is 1.96 bits per heavy atom. The number of β-amino-alcohol motifs (C(OH)–C–C–N with tert-alkyl or cyclic N) is 1. The van der Waals surface area contributed by atoms with Crippen LogP contribution in [0.15, 0.2) is 30.3 Å². The highest BCUT2D eigenvalue weighted by atomic mass is 16.3. The average molecular weight is 367 g/mol. The molecule has 27 heavy (non-hydrogen) atoms. The van der Waals surface area contributed by atoms with Crippen LogP contribution in [-0.4, -0.2) is 54.8 Å². The fourth-order valence-electron chi connectivity index (χ4n) is 4.34. The Labute approximate surface area is 158 Å². The monoisotopic (exact) mass is 367 g/mol. The molecule has 0 spiro atoms. The van der Waals surface area contributed by atoms with Crippen LogP contribution in [0.3, 0.4) is 0 Å². The lowest BCUT2D eigenvalue weighted by Crippen LogP contribution is -2.40. The summed E-state index contributed by atoms with van der Waals surface area (Å²) < 4.78 is 2.16. The summed E-state index contributed by atoms with van der Waals surface area (Å²) in [7, 11) is 0. The number of hydrogen-bond acceptors (Lipinski definition) is 5. The van der Waals surface area contributed by atoms with Gasteiger partial charge in [-0.05, 0) is 24.8 Å². The minimum atomic E-state index is -0.344. The zero-order valence-corrected chi connectivity index (χ0v) is 15.4. The van der Waals surface area contributed by atoms with Gasteiger partial charge in [-0.3, -0.25) is 9.69 Å². The number of nitrogens with zero attached hydrogens (tertiary/aromatic N) is 5. The summed E-state index contributed by atoms with van der Waals surface area (Å²) in [6, 6.07) is 10.4. The molecule has 2 atom stereocenters. The fraction of sp³-hybridized carbons (Fsp3) is 0.550. The van der Waals surface area contributed by atoms with Gasteiger partial charge in [-0.1, -0.05) is 30.3 Å². The highest BCUT2D eigenvalue weighted by molar-refractivity contribution is 5.81. The predicted octanol–water partition coefficient (Wildman–Crippen LogP) is 1.34. The van der Waals surface area contributed by atoms with E-state index in [2.05, 4.69) is 31.8 Å². The van der Waals surface area contributed by atoms with Gasteiger partial charge in [0.05, 0.1) is 18.7 Å². The number of benzene rings is 1. The van der Waals surface area contributed by atoms with Crippen LogP contribution in [0.2, 0.25) is 0 Å². The number of fused-ring (bicyclic) bond motifs is 1. The second kappa shape index (κ2) is 6.73. The third-order valence-corrected chi connectivity index (χ3v) is 5.93. The van der Waals surface area contributed by atoms with Crippen molar-refractivity contribution >= 4 is 5.91 Å². The van der Waals surface area contributed by atoms with Crippen LogP contribution in [-0.2, 0) is 24.4 Å². The first-order valence-electron chi connectivity index (χ1n) is 9.86. The van der Waals surface area contributed by atoms with E-state index in [0.717, 1.165) is 44.1 Å². The fourth-order valence-corrected chi connectivity index (χ4v) is 4.34. The van der Waals surface area contributed by atoms with Gasteiger partial charge in [0, 0.05) is 32.1 Å². The summed E-state index contributed by atoms with van der Waals surface area (Å²) in [5, 5.41) is 19.2. The van der Waals surface area contributed by atoms with Crippen molar-refractivity contribution in [1.29, 1.82) is 0 Å². The molecule has 2 aliphatic heterocycles. The molecule has 1 aliphatic carbocycles. The zero-order chi connectivity index (χ0) is 18.4. The number of amides is 1. The maximum Gasteiger partial charge on any atom is 0.226 e. The van der Waals surface area contributed by atoms with Gasteiger partial charge in [0.25, 0.3) is 0 Å². The third-order valence-electron chi connectivity index (χ3n) is 5.93. The summed E-state index contributed by atoms with van der Waals surface area (Å²) in [5.74, 6) is 2.31.